The van der Waals surface area contributed by atoms with Crippen LogP contribution in [-0.2, 0) is 0 Å². The molecule has 7 heteroatoms. The quantitative estimate of drug-likeness (QED) is 0.207. The van der Waals surface area contributed by atoms with Crippen molar-refractivity contribution >= 4 is 11.7 Å². The third kappa shape index (κ3) is 4.87. The highest BCUT2D eigenvalue weighted by Gasteiger charge is 2.18. The zero-order valence-electron chi connectivity index (χ0n) is 12.2. The minimum absolute atomic E-state index is 0.0464. The van der Waals surface area contributed by atoms with Crippen molar-refractivity contribution in [3.05, 3.63) is 23.8 Å². The highest BCUT2D eigenvalue weighted by molar-refractivity contribution is 5.95. The van der Waals surface area contributed by atoms with Crippen LogP contribution in [0, 0.1) is 5.92 Å². The van der Waals surface area contributed by atoms with E-state index >= 15 is 0 Å². The van der Waals surface area contributed by atoms with E-state index in [-0.39, 0.29) is 41.1 Å². The summed E-state index contributed by atoms with van der Waals surface area (Å²) in [5, 5.41) is 30.2. The van der Waals surface area contributed by atoms with E-state index < -0.39 is 0 Å². The Morgan fingerprint density at radius 1 is 1.33 bits per heavy atom. The fourth-order valence-electron chi connectivity index (χ4n) is 1.86. The first kappa shape index (κ1) is 16.6. The van der Waals surface area contributed by atoms with Crippen LogP contribution in [0.2, 0.25) is 0 Å². The number of rotatable bonds is 6. The van der Waals surface area contributed by atoms with Gasteiger partial charge in [-0.15, -0.1) is 0 Å². The fourth-order valence-corrected chi connectivity index (χ4v) is 1.86. The lowest BCUT2D eigenvalue weighted by atomic mass is 10.1. The maximum atomic E-state index is 12.4. The van der Waals surface area contributed by atoms with Gasteiger partial charge in [0.1, 0.15) is 5.84 Å². The van der Waals surface area contributed by atoms with Crippen LogP contribution in [0.5, 0.6) is 11.5 Å². The molecule has 0 aliphatic heterocycles. The zero-order valence-corrected chi connectivity index (χ0v) is 12.2. The molecule has 5 N–H and O–H groups in total. The summed E-state index contributed by atoms with van der Waals surface area (Å²) in [6.07, 6.45) is 0.249. The second-order valence-corrected chi connectivity index (χ2v) is 5.19. The second kappa shape index (κ2) is 7.37. The number of carbonyl (C=O) groups is 1. The van der Waals surface area contributed by atoms with Gasteiger partial charge in [0, 0.05) is 25.1 Å². The van der Waals surface area contributed by atoms with E-state index in [0.717, 1.165) is 0 Å². The topological polar surface area (TPSA) is 119 Å². The molecule has 1 amide bonds. The number of amides is 1. The largest absolute Gasteiger partial charge is 0.504 e. The Labute approximate surface area is 123 Å². The molecule has 0 bridgehead atoms. The summed E-state index contributed by atoms with van der Waals surface area (Å²) in [6.45, 7) is 4.74. The Morgan fingerprint density at radius 3 is 2.52 bits per heavy atom. The highest BCUT2D eigenvalue weighted by Crippen LogP contribution is 2.25. The van der Waals surface area contributed by atoms with Crippen molar-refractivity contribution in [1.82, 2.24) is 4.90 Å². The molecule has 0 aromatic heterocycles. The van der Waals surface area contributed by atoms with Gasteiger partial charge in [-0.25, -0.2) is 0 Å². The summed E-state index contributed by atoms with van der Waals surface area (Å²) in [6, 6.07) is 3.92. The first-order chi connectivity index (χ1) is 9.85. The van der Waals surface area contributed by atoms with Crippen LogP contribution in [0.3, 0.4) is 0 Å². The molecule has 0 radical (unpaired) electrons. The Morgan fingerprint density at radius 2 is 2.00 bits per heavy atom. The van der Waals surface area contributed by atoms with E-state index in [4.69, 9.17) is 10.9 Å². The molecule has 1 aromatic rings. The van der Waals surface area contributed by atoms with Crippen molar-refractivity contribution in [3.8, 4) is 11.5 Å². The molecule has 0 saturated carbocycles. The number of benzene rings is 1. The van der Waals surface area contributed by atoms with Crippen LogP contribution in [0.4, 0.5) is 0 Å². The number of aromatic hydroxyl groups is 2. The van der Waals surface area contributed by atoms with Crippen molar-refractivity contribution in [2.45, 2.75) is 20.3 Å². The molecule has 1 aromatic carbocycles. The van der Waals surface area contributed by atoms with E-state index in [1.807, 2.05) is 13.8 Å². The van der Waals surface area contributed by atoms with Gasteiger partial charge in [0.05, 0.1) is 0 Å². The lowest BCUT2D eigenvalue weighted by Gasteiger charge is -2.24. The van der Waals surface area contributed by atoms with Crippen molar-refractivity contribution in [2.24, 2.45) is 16.8 Å². The van der Waals surface area contributed by atoms with Crippen molar-refractivity contribution in [3.63, 3.8) is 0 Å². The molecule has 0 aliphatic carbocycles. The van der Waals surface area contributed by atoms with E-state index in [9.17, 15) is 15.0 Å². The van der Waals surface area contributed by atoms with Crippen LogP contribution in [0.25, 0.3) is 0 Å². The maximum Gasteiger partial charge on any atom is 0.254 e. The molecule has 0 aliphatic rings. The predicted octanol–water partition coefficient (Wildman–Crippen LogP) is 1.33. The van der Waals surface area contributed by atoms with Gasteiger partial charge in [-0.2, -0.15) is 0 Å². The van der Waals surface area contributed by atoms with Crippen LogP contribution >= 0.6 is 0 Å². The van der Waals surface area contributed by atoms with Gasteiger partial charge in [-0.1, -0.05) is 19.0 Å². The molecule has 0 unspecified atom stereocenters. The number of hydrogen-bond donors (Lipinski definition) is 4. The smallest absolute Gasteiger partial charge is 0.254 e. The Kier molecular flexibility index (Phi) is 5.83. The normalized spacial score (nSPS) is 11.7. The van der Waals surface area contributed by atoms with Gasteiger partial charge in [0.15, 0.2) is 11.5 Å². The summed E-state index contributed by atoms with van der Waals surface area (Å²) in [5.74, 6) is -0.623. The van der Waals surface area contributed by atoms with E-state index in [1.165, 1.54) is 18.2 Å². The molecule has 116 valence electrons. The molecule has 0 atom stereocenters. The molecule has 7 nitrogen and oxygen atoms in total. The first-order valence-electron chi connectivity index (χ1n) is 6.62. The van der Waals surface area contributed by atoms with E-state index in [2.05, 4.69) is 5.16 Å². The molecular formula is C14H21N3O4. The van der Waals surface area contributed by atoms with Crippen LogP contribution in [-0.4, -0.2) is 45.2 Å². The summed E-state index contributed by atoms with van der Waals surface area (Å²) < 4.78 is 0. The van der Waals surface area contributed by atoms with Crippen LogP contribution in [0.15, 0.2) is 23.4 Å². The number of nitrogens with zero attached hydrogens (tertiary/aromatic N) is 2. The zero-order chi connectivity index (χ0) is 16.0. The number of oxime groups is 1. The molecule has 0 saturated heterocycles. The van der Waals surface area contributed by atoms with E-state index in [1.54, 1.807) is 4.90 Å². The summed E-state index contributed by atoms with van der Waals surface area (Å²) >= 11 is 0. The second-order valence-electron chi connectivity index (χ2n) is 5.19. The van der Waals surface area contributed by atoms with Gasteiger partial charge < -0.3 is 26.1 Å². The Bertz CT molecular complexity index is 529. The molecule has 0 fully saturated rings. The number of phenolic OH excluding ortho intramolecular Hbond substituents is 2. The molecule has 0 spiro atoms. The van der Waals surface area contributed by atoms with Crippen LogP contribution < -0.4 is 5.73 Å². The average Bonchev–Trinajstić information content (AvgIpc) is 2.44. The molecular weight excluding hydrogens is 274 g/mol. The third-order valence-corrected chi connectivity index (χ3v) is 2.86. The molecule has 21 heavy (non-hydrogen) atoms. The van der Waals surface area contributed by atoms with Gasteiger partial charge in [0.2, 0.25) is 0 Å². The van der Waals surface area contributed by atoms with Gasteiger partial charge in [-0.3, -0.25) is 4.79 Å². The number of amidine groups is 1. The Hall–Kier alpha value is -2.44. The number of nitrogens with two attached hydrogens (primary N) is 1. The van der Waals surface area contributed by atoms with Crippen LogP contribution in [0.1, 0.15) is 30.6 Å². The predicted molar refractivity (Wildman–Crippen MR) is 78.5 cm³/mol. The Balaban J connectivity index is 2.90. The average molecular weight is 295 g/mol. The molecule has 0 heterocycles. The third-order valence-electron chi connectivity index (χ3n) is 2.86. The van der Waals surface area contributed by atoms with Gasteiger partial charge in [-0.05, 0) is 24.1 Å². The van der Waals surface area contributed by atoms with Crippen molar-refractivity contribution in [1.29, 1.82) is 0 Å². The maximum absolute atomic E-state index is 12.4. The standard InChI is InChI=1S/C14H21N3O4/c1-9(2)8-17(6-5-13(15)16-21)14(20)10-3-4-11(18)12(19)7-10/h3-4,7,9,18-19,21H,5-6,8H2,1-2H3,(H2,15,16). The summed E-state index contributed by atoms with van der Waals surface area (Å²) in [7, 11) is 0. The first-order valence-corrected chi connectivity index (χ1v) is 6.62. The summed E-state index contributed by atoms with van der Waals surface area (Å²) in [4.78, 5) is 14.0. The van der Waals surface area contributed by atoms with Gasteiger partial charge in [0.25, 0.3) is 5.91 Å². The lowest BCUT2D eigenvalue weighted by Crippen LogP contribution is -2.36. The number of carbonyl (C=O) groups excluding carboxylic acids is 1. The minimum atomic E-state index is -0.346. The van der Waals surface area contributed by atoms with Crippen molar-refractivity contribution in [2.75, 3.05) is 13.1 Å². The fraction of sp³-hybridized carbons (Fsp3) is 0.429. The monoisotopic (exact) mass is 295 g/mol. The lowest BCUT2D eigenvalue weighted by molar-refractivity contribution is 0.0740. The van der Waals surface area contributed by atoms with Crippen molar-refractivity contribution < 1.29 is 20.2 Å². The molecule has 1 rings (SSSR count). The SMILES string of the molecule is CC(C)CN(CC/C(N)=N/O)C(=O)c1ccc(O)c(O)c1. The van der Waals surface area contributed by atoms with Gasteiger partial charge >= 0.3 is 0 Å². The minimum Gasteiger partial charge on any atom is -0.504 e. The summed E-state index contributed by atoms with van der Waals surface area (Å²) in [5.41, 5.74) is 5.69. The number of hydrogen-bond acceptors (Lipinski definition) is 5. The van der Waals surface area contributed by atoms with E-state index in [0.29, 0.717) is 13.1 Å². The highest BCUT2D eigenvalue weighted by atomic mass is 16.4. The number of phenols is 2.